The summed E-state index contributed by atoms with van der Waals surface area (Å²) in [5.41, 5.74) is 6.36. The smallest absolute Gasteiger partial charge is 0.190 e. The van der Waals surface area contributed by atoms with Crippen molar-refractivity contribution in [2.24, 2.45) is 0 Å². The SMILES string of the molecule is Cc1ccc(NC(=S)Nn2cnnc2)cc1C. The van der Waals surface area contributed by atoms with E-state index >= 15 is 0 Å². The van der Waals surface area contributed by atoms with Gasteiger partial charge in [-0.15, -0.1) is 10.2 Å². The highest BCUT2D eigenvalue weighted by atomic mass is 32.1. The van der Waals surface area contributed by atoms with Gasteiger partial charge in [-0.2, -0.15) is 0 Å². The molecular formula is C11H13N5S. The summed E-state index contributed by atoms with van der Waals surface area (Å²) in [4.78, 5) is 0. The summed E-state index contributed by atoms with van der Waals surface area (Å²) in [5, 5.41) is 10.9. The van der Waals surface area contributed by atoms with Crippen LogP contribution in [0.1, 0.15) is 11.1 Å². The molecule has 0 saturated heterocycles. The van der Waals surface area contributed by atoms with Crippen LogP contribution in [-0.2, 0) is 0 Å². The molecule has 0 amide bonds. The minimum Gasteiger partial charge on any atom is -0.331 e. The zero-order valence-corrected chi connectivity index (χ0v) is 10.5. The van der Waals surface area contributed by atoms with Gasteiger partial charge in [-0.05, 0) is 49.3 Å². The molecule has 0 spiro atoms. The Morgan fingerprint density at radius 2 is 1.88 bits per heavy atom. The van der Waals surface area contributed by atoms with Crippen LogP contribution < -0.4 is 10.7 Å². The number of benzene rings is 1. The van der Waals surface area contributed by atoms with Crippen molar-refractivity contribution in [2.45, 2.75) is 13.8 Å². The predicted molar refractivity (Wildman–Crippen MR) is 71.5 cm³/mol. The molecule has 1 heterocycles. The number of hydrogen-bond donors (Lipinski definition) is 2. The number of thiocarbonyl (C=S) groups is 1. The van der Waals surface area contributed by atoms with Crippen LogP contribution in [0.5, 0.6) is 0 Å². The van der Waals surface area contributed by atoms with Gasteiger partial charge in [0.25, 0.3) is 0 Å². The molecule has 0 unspecified atom stereocenters. The molecule has 2 N–H and O–H groups in total. The molecule has 0 radical (unpaired) electrons. The van der Waals surface area contributed by atoms with Gasteiger partial charge >= 0.3 is 0 Å². The number of rotatable bonds is 2. The standard InChI is InChI=1S/C11H13N5S/c1-8-3-4-10(5-9(8)2)14-11(17)15-16-6-12-13-7-16/h3-7H,1-2H3,(H2,14,15,17). The molecule has 0 aliphatic rings. The lowest BCUT2D eigenvalue weighted by Crippen LogP contribution is -2.26. The monoisotopic (exact) mass is 247 g/mol. The molecule has 5 nitrogen and oxygen atoms in total. The van der Waals surface area contributed by atoms with Gasteiger partial charge in [-0.25, -0.2) is 4.68 Å². The van der Waals surface area contributed by atoms with Crippen LogP contribution in [0.2, 0.25) is 0 Å². The third kappa shape index (κ3) is 3.01. The van der Waals surface area contributed by atoms with E-state index in [1.807, 2.05) is 6.07 Å². The Morgan fingerprint density at radius 3 is 2.53 bits per heavy atom. The maximum absolute atomic E-state index is 5.16. The Hall–Kier alpha value is -1.95. The van der Waals surface area contributed by atoms with E-state index in [1.54, 1.807) is 4.68 Å². The number of nitrogens with zero attached hydrogens (tertiary/aromatic N) is 3. The van der Waals surface area contributed by atoms with Crippen molar-refractivity contribution in [3.05, 3.63) is 42.0 Å². The fourth-order valence-corrected chi connectivity index (χ4v) is 1.58. The van der Waals surface area contributed by atoms with E-state index in [0.29, 0.717) is 5.11 Å². The third-order valence-corrected chi connectivity index (χ3v) is 2.61. The summed E-state index contributed by atoms with van der Waals surface area (Å²) in [6, 6.07) is 6.09. The molecule has 1 aromatic carbocycles. The zero-order chi connectivity index (χ0) is 12.3. The molecule has 2 aromatic rings. The Balaban J connectivity index is 2.00. The van der Waals surface area contributed by atoms with Gasteiger partial charge < -0.3 is 5.32 Å². The molecule has 0 saturated carbocycles. The van der Waals surface area contributed by atoms with Crippen LogP contribution in [0.25, 0.3) is 0 Å². The van der Waals surface area contributed by atoms with Crippen molar-refractivity contribution in [3.8, 4) is 0 Å². The van der Waals surface area contributed by atoms with Crippen molar-refractivity contribution in [1.82, 2.24) is 14.9 Å². The van der Waals surface area contributed by atoms with Crippen molar-refractivity contribution >= 4 is 23.0 Å². The summed E-state index contributed by atoms with van der Waals surface area (Å²) in [6.45, 7) is 4.14. The van der Waals surface area contributed by atoms with E-state index in [-0.39, 0.29) is 0 Å². The lowest BCUT2D eigenvalue weighted by molar-refractivity contribution is 0.974. The fraction of sp³-hybridized carbons (Fsp3) is 0.182. The van der Waals surface area contributed by atoms with Crippen molar-refractivity contribution in [3.63, 3.8) is 0 Å². The average molecular weight is 247 g/mol. The minimum absolute atomic E-state index is 0.494. The number of hydrogen-bond acceptors (Lipinski definition) is 3. The van der Waals surface area contributed by atoms with Gasteiger partial charge in [0.15, 0.2) is 5.11 Å². The van der Waals surface area contributed by atoms with Crippen LogP contribution in [0.3, 0.4) is 0 Å². The van der Waals surface area contributed by atoms with Crippen LogP contribution in [0.15, 0.2) is 30.9 Å². The maximum atomic E-state index is 5.16. The van der Waals surface area contributed by atoms with Crippen LogP contribution in [-0.4, -0.2) is 20.0 Å². The number of aromatic nitrogens is 3. The van der Waals surface area contributed by atoms with E-state index in [1.165, 1.54) is 23.8 Å². The Kier molecular flexibility index (Phi) is 3.34. The second-order valence-corrected chi connectivity index (χ2v) is 4.14. The molecule has 88 valence electrons. The van der Waals surface area contributed by atoms with Crippen molar-refractivity contribution in [2.75, 3.05) is 10.7 Å². The first-order chi connectivity index (χ1) is 8.15. The lowest BCUT2D eigenvalue weighted by Gasteiger charge is -2.11. The molecule has 6 heteroatoms. The van der Waals surface area contributed by atoms with Gasteiger partial charge in [-0.1, -0.05) is 6.07 Å². The van der Waals surface area contributed by atoms with Crippen molar-refractivity contribution < 1.29 is 0 Å². The highest BCUT2D eigenvalue weighted by Gasteiger charge is 1.99. The predicted octanol–water partition coefficient (Wildman–Crippen LogP) is 1.84. The molecule has 0 aliphatic carbocycles. The topological polar surface area (TPSA) is 54.8 Å². The highest BCUT2D eigenvalue weighted by Crippen LogP contribution is 2.13. The molecule has 0 fully saturated rings. The van der Waals surface area contributed by atoms with Crippen molar-refractivity contribution in [1.29, 1.82) is 0 Å². The van der Waals surface area contributed by atoms with Gasteiger partial charge in [0.2, 0.25) is 0 Å². The molecular weight excluding hydrogens is 234 g/mol. The Bertz CT molecular complexity index is 521. The Morgan fingerprint density at radius 1 is 1.18 bits per heavy atom. The average Bonchev–Trinajstić information content (AvgIpc) is 2.76. The summed E-state index contributed by atoms with van der Waals surface area (Å²) < 4.78 is 1.58. The molecule has 17 heavy (non-hydrogen) atoms. The van der Waals surface area contributed by atoms with Gasteiger partial charge in [-0.3, -0.25) is 5.43 Å². The van der Waals surface area contributed by atoms with Crippen LogP contribution >= 0.6 is 12.2 Å². The largest absolute Gasteiger partial charge is 0.331 e. The second-order valence-electron chi connectivity index (χ2n) is 3.73. The number of nitrogens with one attached hydrogen (secondary N) is 2. The molecule has 0 bridgehead atoms. The summed E-state index contributed by atoms with van der Waals surface area (Å²) >= 11 is 5.16. The number of anilines is 1. The van der Waals surface area contributed by atoms with E-state index in [2.05, 4.69) is 46.9 Å². The minimum atomic E-state index is 0.494. The van der Waals surface area contributed by atoms with Gasteiger partial charge in [0.1, 0.15) is 12.7 Å². The van der Waals surface area contributed by atoms with Crippen LogP contribution in [0, 0.1) is 13.8 Å². The molecule has 1 aromatic heterocycles. The summed E-state index contributed by atoms with van der Waals surface area (Å²) in [6.07, 6.45) is 3.07. The maximum Gasteiger partial charge on any atom is 0.190 e. The first-order valence-corrected chi connectivity index (χ1v) is 5.56. The normalized spacial score (nSPS) is 10.0. The second kappa shape index (κ2) is 4.92. The Labute approximate surface area is 105 Å². The number of aryl methyl sites for hydroxylation is 2. The first kappa shape index (κ1) is 11.5. The molecule has 2 rings (SSSR count). The quantitative estimate of drug-likeness (QED) is 0.793. The lowest BCUT2D eigenvalue weighted by atomic mass is 10.1. The van der Waals surface area contributed by atoms with Gasteiger partial charge in [0, 0.05) is 5.69 Å². The van der Waals surface area contributed by atoms with Crippen LogP contribution in [0.4, 0.5) is 5.69 Å². The summed E-state index contributed by atoms with van der Waals surface area (Å²) in [5.74, 6) is 0. The van der Waals surface area contributed by atoms with Gasteiger partial charge in [0.05, 0.1) is 0 Å². The van der Waals surface area contributed by atoms with E-state index in [9.17, 15) is 0 Å². The third-order valence-electron chi connectivity index (χ3n) is 2.41. The molecule has 0 aliphatic heterocycles. The van der Waals surface area contributed by atoms with E-state index < -0.39 is 0 Å². The first-order valence-electron chi connectivity index (χ1n) is 5.15. The highest BCUT2D eigenvalue weighted by molar-refractivity contribution is 7.80. The molecule has 0 atom stereocenters. The van der Waals surface area contributed by atoms with E-state index in [0.717, 1.165) is 5.69 Å². The van der Waals surface area contributed by atoms with E-state index in [4.69, 9.17) is 12.2 Å². The fourth-order valence-electron chi connectivity index (χ4n) is 1.35. The zero-order valence-electron chi connectivity index (χ0n) is 9.64. The summed E-state index contributed by atoms with van der Waals surface area (Å²) in [7, 11) is 0.